The van der Waals surface area contributed by atoms with E-state index in [4.69, 9.17) is 0 Å². The molecule has 0 unspecified atom stereocenters. The van der Waals surface area contributed by atoms with Gasteiger partial charge in [0.1, 0.15) is 6.54 Å². The number of carbonyl (C=O) groups excluding carboxylic acids is 4. The monoisotopic (exact) mass is 450 g/mol. The molecule has 2 aliphatic heterocycles. The van der Waals surface area contributed by atoms with Crippen LogP contribution in [0.5, 0.6) is 0 Å². The van der Waals surface area contributed by atoms with Gasteiger partial charge in [0.2, 0.25) is 27.7 Å². The summed E-state index contributed by atoms with van der Waals surface area (Å²) < 4.78 is 26.9. The van der Waals surface area contributed by atoms with Crippen molar-refractivity contribution >= 4 is 33.7 Å². The molecular formula is C20H26N4O6S. The molecule has 0 saturated carbocycles. The van der Waals surface area contributed by atoms with Gasteiger partial charge >= 0.3 is 0 Å². The quantitative estimate of drug-likeness (QED) is 0.599. The molecule has 1 aromatic carbocycles. The summed E-state index contributed by atoms with van der Waals surface area (Å²) >= 11 is 0. The predicted octanol–water partition coefficient (Wildman–Crippen LogP) is -0.193. The largest absolute Gasteiger partial charge is 0.338 e. The van der Waals surface area contributed by atoms with Crippen molar-refractivity contribution < 1.29 is 27.6 Å². The Kier molecular flexibility index (Phi) is 6.75. The highest BCUT2D eigenvalue weighted by Crippen LogP contribution is 2.15. The first-order valence-electron chi connectivity index (χ1n) is 10.1. The van der Waals surface area contributed by atoms with Crippen LogP contribution < -0.4 is 4.72 Å². The number of amides is 4. The minimum Gasteiger partial charge on any atom is -0.338 e. The molecule has 0 bridgehead atoms. The predicted molar refractivity (Wildman–Crippen MR) is 110 cm³/mol. The van der Waals surface area contributed by atoms with E-state index in [1.807, 2.05) is 0 Å². The number of sulfonamides is 1. The van der Waals surface area contributed by atoms with Gasteiger partial charge in [0, 0.05) is 50.6 Å². The number of benzene rings is 1. The molecule has 2 saturated heterocycles. The van der Waals surface area contributed by atoms with Gasteiger partial charge in [-0.1, -0.05) is 0 Å². The standard InChI is InChI=1S/C20H26N4O6S/c1-14(2)21-31(29,30)16-5-3-15(4-6-16)20(28)23-11-9-22(10-12-23)19(27)13-24-17(25)7-8-18(24)26/h3-6,14,21H,7-13H2,1-2H3. The molecule has 1 aromatic rings. The van der Waals surface area contributed by atoms with Gasteiger partial charge in [-0.2, -0.15) is 0 Å². The summed E-state index contributed by atoms with van der Waals surface area (Å²) in [6.07, 6.45) is 0.282. The highest BCUT2D eigenvalue weighted by atomic mass is 32.2. The maximum absolute atomic E-state index is 12.7. The number of imide groups is 1. The summed E-state index contributed by atoms with van der Waals surface area (Å²) in [4.78, 5) is 52.7. The molecule has 0 atom stereocenters. The number of carbonyl (C=O) groups is 4. The maximum atomic E-state index is 12.7. The van der Waals surface area contributed by atoms with Crippen molar-refractivity contribution in [2.24, 2.45) is 0 Å². The van der Waals surface area contributed by atoms with Crippen LogP contribution in [0.4, 0.5) is 0 Å². The lowest BCUT2D eigenvalue weighted by Gasteiger charge is -2.35. The average molecular weight is 451 g/mol. The second kappa shape index (κ2) is 9.15. The molecule has 2 fully saturated rings. The van der Waals surface area contributed by atoms with E-state index in [9.17, 15) is 27.6 Å². The zero-order valence-electron chi connectivity index (χ0n) is 17.5. The smallest absolute Gasteiger partial charge is 0.253 e. The zero-order chi connectivity index (χ0) is 22.8. The summed E-state index contributed by atoms with van der Waals surface area (Å²) in [6.45, 7) is 4.40. The normalized spacial score (nSPS) is 17.6. The van der Waals surface area contributed by atoms with Crippen molar-refractivity contribution in [3.63, 3.8) is 0 Å². The van der Waals surface area contributed by atoms with Crippen LogP contribution in [0.3, 0.4) is 0 Å². The summed E-state index contributed by atoms with van der Waals surface area (Å²) in [5, 5.41) is 0. The highest BCUT2D eigenvalue weighted by Gasteiger charge is 2.33. The van der Waals surface area contributed by atoms with Crippen molar-refractivity contribution in [1.82, 2.24) is 19.4 Å². The highest BCUT2D eigenvalue weighted by molar-refractivity contribution is 7.89. The van der Waals surface area contributed by atoms with Gasteiger partial charge in [-0.25, -0.2) is 13.1 Å². The van der Waals surface area contributed by atoms with E-state index in [1.165, 1.54) is 29.2 Å². The molecule has 31 heavy (non-hydrogen) atoms. The van der Waals surface area contributed by atoms with Crippen LogP contribution in [0, 0.1) is 0 Å². The average Bonchev–Trinajstić information content (AvgIpc) is 3.04. The third kappa shape index (κ3) is 5.28. The van der Waals surface area contributed by atoms with E-state index in [0.29, 0.717) is 31.7 Å². The SMILES string of the molecule is CC(C)NS(=O)(=O)c1ccc(C(=O)N2CCN(C(=O)CN3C(=O)CCC3=O)CC2)cc1. The van der Waals surface area contributed by atoms with Crippen molar-refractivity contribution in [3.8, 4) is 0 Å². The molecule has 10 nitrogen and oxygen atoms in total. The van der Waals surface area contributed by atoms with Crippen LogP contribution in [0.15, 0.2) is 29.2 Å². The van der Waals surface area contributed by atoms with E-state index in [0.717, 1.165) is 4.90 Å². The van der Waals surface area contributed by atoms with E-state index in [2.05, 4.69) is 4.72 Å². The van der Waals surface area contributed by atoms with Crippen LogP contribution >= 0.6 is 0 Å². The maximum Gasteiger partial charge on any atom is 0.253 e. The van der Waals surface area contributed by atoms with Crippen molar-refractivity contribution in [2.45, 2.75) is 37.6 Å². The van der Waals surface area contributed by atoms with Crippen LogP contribution in [0.25, 0.3) is 0 Å². The summed E-state index contributed by atoms with van der Waals surface area (Å²) in [5.74, 6) is -1.23. The third-order valence-corrected chi connectivity index (χ3v) is 6.84. The topological polar surface area (TPSA) is 124 Å². The fourth-order valence-electron chi connectivity index (χ4n) is 3.53. The Labute approximate surface area is 181 Å². The van der Waals surface area contributed by atoms with Gasteiger partial charge in [0.05, 0.1) is 4.90 Å². The van der Waals surface area contributed by atoms with Crippen molar-refractivity contribution in [2.75, 3.05) is 32.7 Å². The Morgan fingerprint density at radius 3 is 1.97 bits per heavy atom. The lowest BCUT2D eigenvalue weighted by molar-refractivity contribution is -0.146. The molecule has 168 valence electrons. The Bertz CT molecular complexity index is 965. The first kappa shape index (κ1) is 22.9. The number of nitrogens with one attached hydrogen (secondary N) is 1. The molecule has 0 aromatic heterocycles. The van der Waals surface area contributed by atoms with Gasteiger partial charge in [0.25, 0.3) is 5.91 Å². The first-order chi connectivity index (χ1) is 14.6. The van der Waals surface area contributed by atoms with Gasteiger partial charge in [-0.15, -0.1) is 0 Å². The zero-order valence-corrected chi connectivity index (χ0v) is 18.4. The van der Waals surface area contributed by atoms with Gasteiger partial charge in [0.15, 0.2) is 0 Å². The molecule has 2 aliphatic rings. The van der Waals surface area contributed by atoms with Crippen molar-refractivity contribution in [1.29, 1.82) is 0 Å². The van der Waals surface area contributed by atoms with Gasteiger partial charge in [-0.05, 0) is 38.1 Å². The molecule has 3 rings (SSSR count). The Morgan fingerprint density at radius 2 is 1.45 bits per heavy atom. The summed E-state index contributed by atoms with van der Waals surface area (Å²) in [5.41, 5.74) is 0.358. The lowest BCUT2D eigenvalue weighted by atomic mass is 10.2. The van der Waals surface area contributed by atoms with Gasteiger partial charge < -0.3 is 9.80 Å². The van der Waals surface area contributed by atoms with Crippen LogP contribution in [0.1, 0.15) is 37.0 Å². The molecule has 0 aliphatic carbocycles. The fourth-order valence-corrected chi connectivity index (χ4v) is 4.78. The minimum atomic E-state index is -3.63. The molecule has 0 spiro atoms. The Balaban J connectivity index is 1.56. The van der Waals surface area contributed by atoms with E-state index in [-0.39, 0.29) is 54.0 Å². The third-order valence-electron chi connectivity index (χ3n) is 5.17. The molecular weight excluding hydrogens is 424 g/mol. The van der Waals surface area contributed by atoms with Crippen LogP contribution in [0.2, 0.25) is 0 Å². The minimum absolute atomic E-state index is 0.0826. The number of hydrogen-bond donors (Lipinski definition) is 1. The molecule has 0 radical (unpaired) electrons. The summed E-state index contributed by atoms with van der Waals surface area (Å²) in [7, 11) is -3.63. The molecule has 2 heterocycles. The molecule has 4 amide bonds. The fraction of sp³-hybridized carbons (Fsp3) is 0.500. The van der Waals surface area contributed by atoms with E-state index in [1.54, 1.807) is 18.7 Å². The molecule has 1 N–H and O–H groups in total. The first-order valence-corrected chi connectivity index (χ1v) is 11.6. The number of hydrogen-bond acceptors (Lipinski definition) is 6. The molecule has 11 heteroatoms. The van der Waals surface area contributed by atoms with Crippen LogP contribution in [-0.2, 0) is 24.4 Å². The van der Waals surface area contributed by atoms with Gasteiger partial charge in [-0.3, -0.25) is 24.1 Å². The number of likely N-dealkylation sites (tertiary alicyclic amines) is 1. The number of rotatable bonds is 6. The number of piperazine rings is 1. The Hall–Kier alpha value is -2.79. The number of nitrogens with zero attached hydrogens (tertiary/aromatic N) is 3. The van der Waals surface area contributed by atoms with E-state index < -0.39 is 10.0 Å². The summed E-state index contributed by atoms with van der Waals surface area (Å²) in [6, 6.07) is 5.48. The second-order valence-electron chi connectivity index (χ2n) is 7.85. The Morgan fingerprint density at radius 1 is 0.935 bits per heavy atom. The van der Waals surface area contributed by atoms with E-state index >= 15 is 0 Å². The van der Waals surface area contributed by atoms with Crippen molar-refractivity contribution in [3.05, 3.63) is 29.8 Å². The van der Waals surface area contributed by atoms with Crippen LogP contribution in [-0.4, -0.2) is 85.5 Å². The second-order valence-corrected chi connectivity index (χ2v) is 9.56. The lowest BCUT2D eigenvalue weighted by Crippen LogP contribution is -2.53.